The van der Waals surface area contributed by atoms with Crippen LogP contribution in [0.5, 0.6) is 0 Å². The van der Waals surface area contributed by atoms with Gasteiger partial charge >= 0.3 is 0 Å². The molecule has 0 amide bonds. The van der Waals surface area contributed by atoms with Gasteiger partial charge in [0.05, 0.1) is 11.2 Å². The summed E-state index contributed by atoms with van der Waals surface area (Å²) in [6.45, 7) is 16.7. The molecule has 1 aliphatic heterocycles. The van der Waals surface area contributed by atoms with Crippen LogP contribution >= 0.6 is 11.3 Å². The lowest BCUT2D eigenvalue weighted by Crippen LogP contribution is -2.38. The maximum atomic E-state index is 6.33. The minimum absolute atomic E-state index is 0.0261. The van der Waals surface area contributed by atoms with Crippen LogP contribution in [0.15, 0.2) is 6.07 Å². The van der Waals surface area contributed by atoms with E-state index in [-0.39, 0.29) is 11.2 Å². The van der Waals surface area contributed by atoms with Crippen LogP contribution < -0.4 is 5.32 Å². The van der Waals surface area contributed by atoms with E-state index in [1.807, 2.05) is 11.3 Å². The van der Waals surface area contributed by atoms with E-state index >= 15 is 0 Å². The molecule has 0 radical (unpaired) electrons. The quantitative estimate of drug-likeness (QED) is 0.826. The number of aryl methyl sites for hydroxylation is 2. The fraction of sp³-hybridized carbons (Fsp3) is 0.778. The summed E-state index contributed by atoms with van der Waals surface area (Å²) in [6.07, 6.45) is 2.27. The maximum absolute atomic E-state index is 6.33. The molecule has 1 aromatic rings. The molecule has 1 saturated heterocycles. The molecule has 2 rings (SSSR count). The molecule has 2 atom stereocenters. The van der Waals surface area contributed by atoms with Crippen LogP contribution in [0.2, 0.25) is 0 Å². The highest BCUT2D eigenvalue weighted by Crippen LogP contribution is 2.48. The number of hydrogen-bond donors (Lipinski definition) is 1. The fourth-order valence-electron chi connectivity index (χ4n) is 3.62. The van der Waals surface area contributed by atoms with Crippen molar-refractivity contribution in [2.24, 2.45) is 5.92 Å². The second-order valence-corrected chi connectivity index (χ2v) is 8.88. The van der Waals surface area contributed by atoms with E-state index in [0.29, 0.717) is 12.0 Å². The van der Waals surface area contributed by atoms with Crippen LogP contribution in [-0.4, -0.2) is 17.7 Å². The highest BCUT2D eigenvalue weighted by atomic mass is 32.1. The van der Waals surface area contributed by atoms with Gasteiger partial charge in [-0.1, -0.05) is 6.92 Å². The summed E-state index contributed by atoms with van der Waals surface area (Å²) in [5.74, 6) is 0.511. The third-order valence-electron chi connectivity index (χ3n) is 4.65. The van der Waals surface area contributed by atoms with Gasteiger partial charge in [0, 0.05) is 21.7 Å². The van der Waals surface area contributed by atoms with Gasteiger partial charge in [-0.05, 0) is 72.6 Å². The lowest BCUT2D eigenvalue weighted by molar-refractivity contribution is -0.0777. The van der Waals surface area contributed by atoms with Crippen molar-refractivity contribution in [1.82, 2.24) is 5.32 Å². The molecule has 2 heterocycles. The minimum Gasteiger partial charge on any atom is -0.369 e. The summed E-state index contributed by atoms with van der Waals surface area (Å²) in [6, 6.07) is 2.77. The Balaban J connectivity index is 2.32. The molecular formula is C18H31NOS. The summed E-state index contributed by atoms with van der Waals surface area (Å²) in [7, 11) is 0. The minimum atomic E-state index is -0.0826. The first-order valence-corrected chi connectivity index (χ1v) is 8.98. The molecule has 21 heavy (non-hydrogen) atoms. The molecule has 2 nitrogen and oxygen atoms in total. The van der Waals surface area contributed by atoms with Crippen molar-refractivity contribution in [3.63, 3.8) is 0 Å². The Morgan fingerprint density at radius 3 is 2.43 bits per heavy atom. The zero-order valence-corrected chi connectivity index (χ0v) is 15.5. The van der Waals surface area contributed by atoms with Crippen LogP contribution in [0.4, 0.5) is 0 Å². The SMILES string of the molecule is CCCNC(c1cc(C)c(C)s1)C1CC(C)(C)OC1(C)C. The third kappa shape index (κ3) is 3.69. The molecule has 1 aromatic heterocycles. The van der Waals surface area contributed by atoms with E-state index in [4.69, 9.17) is 4.74 Å². The predicted molar refractivity (Wildman–Crippen MR) is 92.2 cm³/mol. The van der Waals surface area contributed by atoms with Gasteiger partial charge in [-0.2, -0.15) is 0 Å². The Morgan fingerprint density at radius 1 is 1.33 bits per heavy atom. The highest BCUT2D eigenvalue weighted by Gasteiger charge is 2.49. The number of ether oxygens (including phenoxy) is 1. The summed E-state index contributed by atoms with van der Waals surface area (Å²) >= 11 is 1.94. The Bertz CT molecular complexity index is 470. The molecule has 1 aliphatic rings. The van der Waals surface area contributed by atoms with Crippen LogP contribution in [0.3, 0.4) is 0 Å². The Morgan fingerprint density at radius 2 is 2.00 bits per heavy atom. The van der Waals surface area contributed by atoms with Gasteiger partial charge < -0.3 is 10.1 Å². The molecule has 0 aliphatic carbocycles. The average molecular weight is 310 g/mol. The van der Waals surface area contributed by atoms with Gasteiger partial charge in [0.25, 0.3) is 0 Å². The molecular weight excluding hydrogens is 278 g/mol. The van der Waals surface area contributed by atoms with E-state index in [0.717, 1.165) is 19.4 Å². The second-order valence-electron chi connectivity index (χ2n) is 7.60. The molecule has 1 fully saturated rings. The molecule has 0 aromatic carbocycles. The predicted octanol–water partition coefficient (Wildman–Crippen LogP) is 5.00. The van der Waals surface area contributed by atoms with Crippen molar-refractivity contribution < 1.29 is 4.74 Å². The van der Waals surface area contributed by atoms with E-state index in [2.05, 4.69) is 59.8 Å². The van der Waals surface area contributed by atoms with Gasteiger partial charge in [-0.25, -0.2) is 0 Å². The van der Waals surface area contributed by atoms with Crippen LogP contribution in [0.25, 0.3) is 0 Å². The Kier molecular flexibility index (Phi) is 4.87. The topological polar surface area (TPSA) is 21.3 Å². The molecule has 0 spiro atoms. The standard InChI is InChI=1S/C18H31NOS/c1-8-9-19-16(15-10-12(2)13(3)21-15)14-11-17(4,5)20-18(14,6)7/h10,14,16,19H,8-9,11H2,1-7H3. The normalized spacial score (nSPS) is 25.2. The average Bonchev–Trinajstić information content (AvgIpc) is 2.77. The monoisotopic (exact) mass is 309 g/mol. The van der Waals surface area contributed by atoms with Crippen molar-refractivity contribution in [3.8, 4) is 0 Å². The first-order chi connectivity index (χ1) is 9.66. The molecule has 120 valence electrons. The third-order valence-corrected chi connectivity index (χ3v) is 5.89. The van der Waals surface area contributed by atoms with E-state index in [1.54, 1.807) is 0 Å². The van der Waals surface area contributed by atoms with Crippen molar-refractivity contribution >= 4 is 11.3 Å². The van der Waals surface area contributed by atoms with E-state index < -0.39 is 0 Å². The summed E-state index contributed by atoms with van der Waals surface area (Å²) in [5, 5.41) is 3.79. The first-order valence-electron chi connectivity index (χ1n) is 8.17. The van der Waals surface area contributed by atoms with E-state index in [1.165, 1.54) is 15.3 Å². The van der Waals surface area contributed by atoms with Crippen molar-refractivity contribution in [3.05, 3.63) is 21.4 Å². The van der Waals surface area contributed by atoms with Gasteiger partial charge in [-0.15, -0.1) is 11.3 Å². The second kappa shape index (κ2) is 6.02. The zero-order chi connectivity index (χ0) is 15.8. The Labute approximate surface area is 134 Å². The summed E-state index contributed by atoms with van der Waals surface area (Å²) in [4.78, 5) is 2.90. The number of rotatable bonds is 5. The number of thiophene rings is 1. The van der Waals surface area contributed by atoms with Crippen molar-refractivity contribution in [1.29, 1.82) is 0 Å². The van der Waals surface area contributed by atoms with Crippen molar-refractivity contribution in [2.45, 2.75) is 78.6 Å². The van der Waals surface area contributed by atoms with Gasteiger partial charge in [-0.3, -0.25) is 0 Å². The van der Waals surface area contributed by atoms with Crippen LogP contribution in [0, 0.1) is 19.8 Å². The number of hydrogen-bond acceptors (Lipinski definition) is 3. The highest BCUT2D eigenvalue weighted by molar-refractivity contribution is 7.12. The number of nitrogens with one attached hydrogen (secondary N) is 1. The summed E-state index contributed by atoms with van der Waals surface area (Å²) < 4.78 is 6.33. The molecule has 0 saturated carbocycles. The van der Waals surface area contributed by atoms with E-state index in [9.17, 15) is 0 Å². The van der Waals surface area contributed by atoms with Gasteiger partial charge in [0.15, 0.2) is 0 Å². The molecule has 1 N–H and O–H groups in total. The Hall–Kier alpha value is -0.380. The van der Waals surface area contributed by atoms with Crippen molar-refractivity contribution in [2.75, 3.05) is 6.54 Å². The van der Waals surface area contributed by atoms with Crippen LogP contribution in [-0.2, 0) is 4.74 Å². The molecule has 2 unspecified atom stereocenters. The fourth-order valence-corrected chi connectivity index (χ4v) is 4.80. The summed E-state index contributed by atoms with van der Waals surface area (Å²) in [5.41, 5.74) is 1.30. The maximum Gasteiger partial charge on any atom is 0.0681 e. The van der Waals surface area contributed by atoms with Gasteiger partial charge in [0.1, 0.15) is 0 Å². The lowest BCUT2D eigenvalue weighted by Gasteiger charge is -2.33. The largest absolute Gasteiger partial charge is 0.369 e. The first kappa shape index (κ1) is 17.0. The molecule has 0 bridgehead atoms. The zero-order valence-electron chi connectivity index (χ0n) is 14.7. The van der Waals surface area contributed by atoms with Crippen LogP contribution in [0.1, 0.15) is 68.8 Å². The molecule has 3 heteroatoms. The smallest absolute Gasteiger partial charge is 0.0681 e. The lowest BCUT2D eigenvalue weighted by atomic mass is 9.81. The van der Waals surface area contributed by atoms with Gasteiger partial charge in [0.2, 0.25) is 0 Å².